The normalized spacial score (nSPS) is 12.8. The molecule has 0 saturated heterocycles. The van der Waals surface area contributed by atoms with E-state index in [1.54, 1.807) is 12.1 Å². The molecule has 0 radical (unpaired) electrons. The lowest BCUT2D eigenvalue weighted by molar-refractivity contribution is 0.111. The Morgan fingerprint density at radius 3 is 2.40 bits per heavy atom. The molecule has 20 heavy (non-hydrogen) atoms. The van der Waals surface area contributed by atoms with Crippen LogP contribution in [-0.4, -0.2) is 23.9 Å². The van der Waals surface area contributed by atoms with E-state index in [4.69, 9.17) is 0 Å². The quantitative estimate of drug-likeness (QED) is 0.624. The van der Waals surface area contributed by atoms with Gasteiger partial charge in [-0.25, -0.2) is 8.42 Å². The number of carbonyl (C=O) groups is 1. The van der Waals surface area contributed by atoms with Gasteiger partial charge in [-0.15, -0.1) is 6.58 Å². The van der Waals surface area contributed by atoms with Crippen molar-refractivity contribution in [2.75, 3.05) is 0 Å². The molecule has 0 bridgehead atoms. The van der Waals surface area contributed by atoms with Gasteiger partial charge in [0.2, 0.25) is 0 Å². The van der Waals surface area contributed by atoms with E-state index in [1.165, 1.54) is 18.3 Å². The molecule has 1 heterocycles. The molecule has 0 amide bonds. The highest BCUT2D eigenvalue weighted by Gasteiger charge is 2.27. The van der Waals surface area contributed by atoms with E-state index in [-0.39, 0.29) is 5.69 Å². The third kappa shape index (κ3) is 2.55. The zero-order chi connectivity index (χ0) is 14.8. The van der Waals surface area contributed by atoms with Crippen molar-refractivity contribution >= 4 is 16.3 Å². The molecule has 0 aliphatic heterocycles. The summed E-state index contributed by atoms with van der Waals surface area (Å²) in [5.41, 5.74) is 1.71. The summed E-state index contributed by atoms with van der Waals surface area (Å²) in [6, 6.07) is 8.50. The largest absolute Gasteiger partial charge is 0.296 e. The number of aromatic nitrogens is 2. The standard InChI is InChI=1S/C14H14N2O3S/c1-3-14(12-6-4-11(2)5-7-12)20(18,19)16-9-8-13(10-17)15-16/h3-10,14H,1H2,2H3. The zero-order valence-electron chi connectivity index (χ0n) is 10.9. The number of rotatable bonds is 5. The Morgan fingerprint density at radius 1 is 1.25 bits per heavy atom. The van der Waals surface area contributed by atoms with Gasteiger partial charge < -0.3 is 0 Å². The van der Waals surface area contributed by atoms with Crippen LogP contribution < -0.4 is 0 Å². The van der Waals surface area contributed by atoms with Crippen molar-refractivity contribution in [1.29, 1.82) is 0 Å². The number of hydrogen-bond acceptors (Lipinski definition) is 4. The average molecular weight is 290 g/mol. The van der Waals surface area contributed by atoms with Crippen LogP contribution in [0.4, 0.5) is 0 Å². The van der Waals surface area contributed by atoms with Gasteiger partial charge in [-0.05, 0) is 18.6 Å². The first-order valence-corrected chi connectivity index (χ1v) is 7.43. The van der Waals surface area contributed by atoms with Crippen molar-refractivity contribution in [3.8, 4) is 0 Å². The second-order valence-corrected chi connectivity index (χ2v) is 6.25. The summed E-state index contributed by atoms with van der Waals surface area (Å²) in [4.78, 5) is 10.6. The van der Waals surface area contributed by atoms with Crippen LogP contribution in [0.15, 0.2) is 49.2 Å². The van der Waals surface area contributed by atoms with Crippen molar-refractivity contribution in [2.24, 2.45) is 0 Å². The number of aldehydes is 1. The fourth-order valence-electron chi connectivity index (χ4n) is 1.83. The molecule has 6 heteroatoms. The molecule has 5 nitrogen and oxygen atoms in total. The molecule has 1 aromatic heterocycles. The van der Waals surface area contributed by atoms with Crippen LogP contribution in [-0.2, 0) is 10.0 Å². The minimum absolute atomic E-state index is 0.0697. The fraction of sp³-hybridized carbons (Fsp3) is 0.143. The lowest BCUT2D eigenvalue weighted by Gasteiger charge is -2.14. The SMILES string of the molecule is C=CC(c1ccc(C)cc1)S(=O)(=O)n1ccc(C=O)n1. The zero-order valence-corrected chi connectivity index (χ0v) is 11.7. The molecule has 2 rings (SSSR count). The van der Waals surface area contributed by atoms with Crippen LogP contribution in [0, 0.1) is 6.92 Å². The van der Waals surface area contributed by atoms with E-state index >= 15 is 0 Å². The Kier molecular flexibility index (Phi) is 3.85. The monoisotopic (exact) mass is 290 g/mol. The van der Waals surface area contributed by atoms with E-state index in [0.717, 1.165) is 9.65 Å². The van der Waals surface area contributed by atoms with Crippen LogP contribution in [0.25, 0.3) is 0 Å². The van der Waals surface area contributed by atoms with Crippen LogP contribution in [0.2, 0.25) is 0 Å². The van der Waals surface area contributed by atoms with E-state index in [2.05, 4.69) is 11.7 Å². The van der Waals surface area contributed by atoms with Gasteiger partial charge in [-0.2, -0.15) is 9.19 Å². The summed E-state index contributed by atoms with van der Waals surface area (Å²) >= 11 is 0. The summed E-state index contributed by atoms with van der Waals surface area (Å²) in [5, 5.41) is 2.81. The first kappa shape index (κ1) is 14.2. The maximum absolute atomic E-state index is 12.5. The maximum Gasteiger partial charge on any atom is 0.264 e. The van der Waals surface area contributed by atoms with Crippen molar-refractivity contribution in [3.05, 3.63) is 66.0 Å². The Morgan fingerprint density at radius 2 is 1.90 bits per heavy atom. The van der Waals surface area contributed by atoms with Gasteiger partial charge >= 0.3 is 0 Å². The van der Waals surface area contributed by atoms with Gasteiger partial charge in [-0.3, -0.25) is 4.79 Å². The molecule has 1 unspecified atom stereocenters. The lowest BCUT2D eigenvalue weighted by atomic mass is 10.1. The highest BCUT2D eigenvalue weighted by Crippen LogP contribution is 2.25. The second kappa shape index (κ2) is 5.42. The van der Waals surface area contributed by atoms with Crippen molar-refractivity contribution in [1.82, 2.24) is 9.19 Å². The molecular formula is C14H14N2O3S. The fourth-order valence-corrected chi connectivity index (χ4v) is 3.24. The molecule has 0 aliphatic rings. The minimum atomic E-state index is -3.78. The first-order chi connectivity index (χ1) is 9.48. The van der Waals surface area contributed by atoms with E-state index < -0.39 is 15.3 Å². The topological polar surface area (TPSA) is 69.0 Å². The number of carbonyl (C=O) groups excluding carboxylic acids is 1. The molecule has 1 atom stereocenters. The van der Waals surface area contributed by atoms with E-state index in [1.807, 2.05) is 19.1 Å². The summed E-state index contributed by atoms with van der Waals surface area (Å²) in [6.07, 6.45) is 3.10. The molecule has 0 fully saturated rings. The summed E-state index contributed by atoms with van der Waals surface area (Å²) < 4.78 is 25.8. The molecule has 0 spiro atoms. The van der Waals surface area contributed by atoms with Gasteiger partial charge in [0.05, 0.1) is 0 Å². The van der Waals surface area contributed by atoms with Crippen molar-refractivity contribution < 1.29 is 13.2 Å². The van der Waals surface area contributed by atoms with Gasteiger partial charge in [0.25, 0.3) is 10.0 Å². The maximum atomic E-state index is 12.5. The highest BCUT2D eigenvalue weighted by atomic mass is 32.2. The van der Waals surface area contributed by atoms with Crippen LogP contribution in [0.3, 0.4) is 0 Å². The first-order valence-electron chi connectivity index (χ1n) is 5.93. The average Bonchev–Trinajstić information content (AvgIpc) is 2.91. The number of benzene rings is 1. The predicted octanol–water partition coefficient (Wildman–Crippen LogP) is 2.11. The molecule has 2 aromatic rings. The molecule has 0 saturated carbocycles. The van der Waals surface area contributed by atoms with Crippen LogP contribution in [0.1, 0.15) is 26.9 Å². The van der Waals surface area contributed by atoms with Gasteiger partial charge in [0.1, 0.15) is 10.9 Å². The smallest absolute Gasteiger partial charge is 0.264 e. The molecule has 104 valence electrons. The molecule has 0 N–H and O–H groups in total. The lowest BCUT2D eigenvalue weighted by Crippen LogP contribution is -2.20. The third-order valence-corrected chi connectivity index (χ3v) is 4.74. The third-order valence-electron chi connectivity index (χ3n) is 2.91. The second-order valence-electron chi connectivity index (χ2n) is 4.34. The molecular weight excluding hydrogens is 276 g/mol. The van der Waals surface area contributed by atoms with Gasteiger partial charge in [0.15, 0.2) is 6.29 Å². The number of hydrogen-bond donors (Lipinski definition) is 0. The summed E-state index contributed by atoms with van der Waals surface area (Å²) in [6.45, 7) is 5.51. The Balaban J connectivity index is 2.46. The number of aryl methyl sites for hydroxylation is 1. The predicted molar refractivity (Wildman–Crippen MR) is 76.0 cm³/mol. The molecule has 1 aromatic carbocycles. The Bertz CT molecular complexity index is 730. The highest BCUT2D eigenvalue weighted by molar-refractivity contribution is 7.90. The van der Waals surface area contributed by atoms with Crippen LogP contribution >= 0.6 is 0 Å². The van der Waals surface area contributed by atoms with Crippen molar-refractivity contribution in [2.45, 2.75) is 12.2 Å². The minimum Gasteiger partial charge on any atom is -0.296 e. The molecule has 0 aliphatic carbocycles. The Hall–Kier alpha value is -2.21. The Labute approximate surface area is 117 Å². The van der Waals surface area contributed by atoms with E-state index in [0.29, 0.717) is 11.8 Å². The van der Waals surface area contributed by atoms with Crippen molar-refractivity contribution in [3.63, 3.8) is 0 Å². The number of nitrogens with zero attached hydrogens (tertiary/aromatic N) is 2. The van der Waals surface area contributed by atoms with E-state index in [9.17, 15) is 13.2 Å². The van der Waals surface area contributed by atoms with Crippen LogP contribution in [0.5, 0.6) is 0 Å². The van der Waals surface area contributed by atoms with Gasteiger partial charge in [-0.1, -0.05) is 35.9 Å². The summed E-state index contributed by atoms with van der Waals surface area (Å²) in [5.74, 6) is 0. The van der Waals surface area contributed by atoms with Gasteiger partial charge in [0, 0.05) is 6.20 Å². The summed E-state index contributed by atoms with van der Waals surface area (Å²) in [7, 11) is -3.78.